The third-order valence-corrected chi connectivity index (χ3v) is 5.20. The van der Waals surface area contributed by atoms with E-state index in [4.69, 9.17) is 4.74 Å². The van der Waals surface area contributed by atoms with Gasteiger partial charge in [-0.2, -0.15) is 0 Å². The van der Waals surface area contributed by atoms with Crippen molar-refractivity contribution in [3.8, 4) is 17.0 Å². The molecule has 0 N–H and O–H groups in total. The van der Waals surface area contributed by atoms with Gasteiger partial charge in [0.2, 0.25) is 0 Å². The fourth-order valence-corrected chi connectivity index (χ4v) is 3.65. The summed E-state index contributed by atoms with van der Waals surface area (Å²) in [6, 6.07) is 19.5. The summed E-state index contributed by atoms with van der Waals surface area (Å²) >= 11 is 0. The molecule has 2 heterocycles. The van der Waals surface area contributed by atoms with Gasteiger partial charge in [0.05, 0.1) is 12.3 Å². The van der Waals surface area contributed by atoms with Crippen LogP contribution in [0.1, 0.15) is 23.1 Å². The molecule has 30 heavy (non-hydrogen) atoms. The van der Waals surface area contributed by atoms with E-state index in [-0.39, 0.29) is 5.91 Å². The van der Waals surface area contributed by atoms with Crippen LogP contribution in [0, 0.1) is 6.92 Å². The predicted molar refractivity (Wildman–Crippen MR) is 118 cm³/mol. The van der Waals surface area contributed by atoms with Crippen LogP contribution < -0.4 is 9.64 Å². The smallest absolute Gasteiger partial charge is 0.253 e. The highest BCUT2D eigenvalue weighted by atomic mass is 16.5. The lowest BCUT2D eigenvalue weighted by Crippen LogP contribution is -2.49. The Hall–Kier alpha value is -3.41. The van der Waals surface area contributed by atoms with E-state index in [1.165, 1.54) is 0 Å². The van der Waals surface area contributed by atoms with Crippen LogP contribution >= 0.6 is 0 Å². The van der Waals surface area contributed by atoms with Crippen LogP contribution in [0.2, 0.25) is 0 Å². The molecular formula is C24H26N4O2. The molecule has 0 aliphatic carbocycles. The van der Waals surface area contributed by atoms with Crippen LogP contribution in [0.4, 0.5) is 5.82 Å². The van der Waals surface area contributed by atoms with Gasteiger partial charge < -0.3 is 14.5 Å². The normalized spacial score (nSPS) is 13.9. The summed E-state index contributed by atoms with van der Waals surface area (Å²) in [5.74, 6) is 2.50. The summed E-state index contributed by atoms with van der Waals surface area (Å²) in [6.45, 7) is 7.29. The third kappa shape index (κ3) is 4.43. The first-order chi connectivity index (χ1) is 14.6. The van der Waals surface area contributed by atoms with E-state index < -0.39 is 0 Å². The van der Waals surface area contributed by atoms with Gasteiger partial charge in [0, 0.05) is 43.4 Å². The van der Waals surface area contributed by atoms with Gasteiger partial charge in [0.1, 0.15) is 17.4 Å². The Kier molecular flexibility index (Phi) is 5.93. The van der Waals surface area contributed by atoms with Gasteiger partial charge in [-0.05, 0) is 38.1 Å². The Morgan fingerprint density at radius 1 is 0.967 bits per heavy atom. The molecule has 3 aromatic rings. The molecule has 1 aliphatic heterocycles. The number of carbonyl (C=O) groups excluding carboxylic acids is 1. The van der Waals surface area contributed by atoms with Gasteiger partial charge in [-0.15, -0.1) is 0 Å². The number of hydrogen-bond acceptors (Lipinski definition) is 5. The molecule has 1 aliphatic rings. The topological polar surface area (TPSA) is 58.6 Å². The first-order valence-corrected chi connectivity index (χ1v) is 10.3. The molecule has 0 radical (unpaired) electrons. The van der Waals surface area contributed by atoms with Crippen molar-refractivity contribution < 1.29 is 9.53 Å². The number of nitrogens with zero attached hydrogens (tertiary/aromatic N) is 4. The molecule has 0 atom stereocenters. The number of ether oxygens (including phenoxy) is 1. The molecule has 6 heteroatoms. The second-order valence-electron chi connectivity index (χ2n) is 7.26. The number of rotatable bonds is 5. The summed E-state index contributed by atoms with van der Waals surface area (Å²) in [4.78, 5) is 26.2. The minimum Gasteiger partial charge on any atom is -0.494 e. The van der Waals surface area contributed by atoms with Crippen molar-refractivity contribution >= 4 is 11.7 Å². The number of anilines is 1. The number of aromatic nitrogens is 2. The van der Waals surface area contributed by atoms with Crippen LogP contribution in [-0.4, -0.2) is 53.6 Å². The van der Waals surface area contributed by atoms with Crippen LogP contribution in [0.25, 0.3) is 11.3 Å². The zero-order chi connectivity index (χ0) is 20.9. The van der Waals surface area contributed by atoms with Gasteiger partial charge >= 0.3 is 0 Å². The van der Waals surface area contributed by atoms with E-state index in [9.17, 15) is 4.79 Å². The maximum atomic E-state index is 12.8. The van der Waals surface area contributed by atoms with E-state index in [1.54, 1.807) is 0 Å². The number of piperazine rings is 1. The SMILES string of the molecule is CCOc1ccc(C(=O)N2CCN(c3cc(-c4ccccc4)nc(C)n3)CC2)cc1. The van der Waals surface area contributed by atoms with E-state index in [0.717, 1.165) is 41.7 Å². The summed E-state index contributed by atoms with van der Waals surface area (Å²) < 4.78 is 5.46. The highest BCUT2D eigenvalue weighted by Gasteiger charge is 2.23. The maximum Gasteiger partial charge on any atom is 0.253 e. The fourth-order valence-electron chi connectivity index (χ4n) is 3.65. The lowest BCUT2D eigenvalue weighted by Gasteiger charge is -2.35. The van der Waals surface area contributed by atoms with Gasteiger partial charge in [0.25, 0.3) is 5.91 Å². The molecular weight excluding hydrogens is 376 g/mol. The highest BCUT2D eigenvalue weighted by Crippen LogP contribution is 2.23. The second-order valence-corrected chi connectivity index (χ2v) is 7.26. The first-order valence-electron chi connectivity index (χ1n) is 10.3. The second kappa shape index (κ2) is 8.95. The number of benzene rings is 2. The van der Waals surface area contributed by atoms with Gasteiger partial charge in [0.15, 0.2) is 0 Å². The van der Waals surface area contributed by atoms with Crippen LogP contribution in [0.15, 0.2) is 60.7 Å². The van der Waals surface area contributed by atoms with Gasteiger partial charge in [-0.1, -0.05) is 30.3 Å². The predicted octanol–water partition coefficient (Wildman–Crippen LogP) is 3.81. The fraction of sp³-hybridized carbons (Fsp3) is 0.292. The first kappa shape index (κ1) is 19.9. The molecule has 0 spiro atoms. The number of amides is 1. The average Bonchev–Trinajstić information content (AvgIpc) is 2.80. The van der Waals surface area contributed by atoms with Crippen molar-refractivity contribution in [1.29, 1.82) is 0 Å². The zero-order valence-corrected chi connectivity index (χ0v) is 17.4. The van der Waals surface area contributed by atoms with Crippen molar-refractivity contribution in [2.75, 3.05) is 37.7 Å². The molecule has 6 nitrogen and oxygen atoms in total. The molecule has 0 bridgehead atoms. The van der Waals surface area contributed by atoms with E-state index >= 15 is 0 Å². The average molecular weight is 402 g/mol. The number of hydrogen-bond donors (Lipinski definition) is 0. The summed E-state index contributed by atoms with van der Waals surface area (Å²) in [5, 5.41) is 0. The quantitative estimate of drug-likeness (QED) is 0.649. The standard InChI is InChI=1S/C24H26N4O2/c1-3-30-21-11-9-20(10-12-21)24(29)28-15-13-27(14-16-28)23-17-22(25-18(2)26-23)19-7-5-4-6-8-19/h4-12,17H,3,13-16H2,1-2H3. The van der Waals surface area contributed by atoms with E-state index in [0.29, 0.717) is 25.3 Å². The molecule has 2 aromatic carbocycles. The molecule has 0 unspecified atom stereocenters. The van der Waals surface area contributed by atoms with Gasteiger partial charge in [-0.3, -0.25) is 4.79 Å². The Morgan fingerprint density at radius 2 is 1.67 bits per heavy atom. The molecule has 1 fully saturated rings. The van der Waals surface area contributed by atoms with Crippen molar-refractivity contribution in [2.45, 2.75) is 13.8 Å². The minimum atomic E-state index is 0.0570. The summed E-state index contributed by atoms with van der Waals surface area (Å²) in [7, 11) is 0. The van der Waals surface area contributed by atoms with Crippen LogP contribution in [-0.2, 0) is 0 Å². The Labute approximate surface area is 177 Å². The lowest BCUT2D eigenvalue weighted by atomic mass is 10.1. The summed E-state index contributed by atoms with van der Waals surface area (Å²) in [5.41, 5.74) is 2.69. The minimum absolute atomic E-state index is 0.0570. The molecule has 1 amide bonds. The van der Waals surface area contributed by atoms with Gasteiger partial charge in [-0.25, -0.2) is 9.97 Å². The molecule has 154 valence electrons. The monoisotopic (exact) mass is 402 g/mol. The van der Waals surface area contributed by atoms with Crippen molar-refractivity contribution in [3.05, 3.63) is 72.1 Å². The number of carbonyl (C=O) groups is 1. The molecule has 4 rings (SSSR count). The largest absolute Gasteiger partial charge is 0.494 e. The van der Waals surface area contributed by atoms with Crippen molar-refractivity contribution in [2.24, 2.45) is 0 Å². The van der Waals surface area contributed by atoms with Crippen LogP contribution in [0.5, 0.6) is 5.75 Å². The lowest BCUT2D eigenvalue weighted by molar-refractivity contribution is 0.0746. The molecule has 0 saturated carbocycles. The van der Waals surface area contributed by atoms with Crippen molar-refractivity contribution in [3.63, 3.8) is 0 Å². The highest BCUT2D eigenvalue weighted by molar-refractivity contribution is 5.94. The third-order valence-electron chi connectivity index (χ3n) is 5.20. The van der Waals surface area contributed by atoms with Crippen molar-refractivity contribution in [1.82, 2.24) is 14.9 Å². The summed E-state index contributed by atoms with van der Waals surface area (Å²) in [6.07, 6.45) is 0. The van der Waals surface area contributed by atoms with Crippen LogP contribution in [0.3, 0.4) is 0 Å². The van der Waals surface area contributed by atoms with E-state index in [2.05, 4.69) is 27.0 Å². The Balaban J connectivity index is 1.43. The Bertz CT molecular complexity index is 997. The molecule has 1 aromatic heterocycles. The number of aryl methyl sites for hydroxylation is 1. The molecule has 1 saturated heterocycles. The maximum absolute atomic E-state index is 12.8. The Morgan fingerprint density at radius 3 is 2.33 bits per heavy atom. The van der Waals surface area contributed by atoms with E-state index in [1.807, 2.05) is 67.3 Å². The zero-order valence-electron chi connectivity index (χ0n) is 17.4.